The number of hydrogen-bond acceptors (Lipinski definition) is 4. The predicted molar refractivity (Wildman–Crippen MR) is 116 cm³/mol. The van der Waals surface area contributed by atoms with E-state index in [1.807, 2.05) is 41.3 Å². The van der Waals surface area contributed by atoms with Crippen molar-refractivity contribution >= 4 is 22.0 Å². The number of cyclic esters (lactones) is 1. The summed E-state index contributed by atoms with van der Waals surface area (Å²) in [4.78, 5) is 17.2. The molecule has 2 atom stereocenters. The summed E-state index contributed by atoms with van der Waals surface area (Å²) < 4.78 is 12.1. The molecule has 2 heterocycles. The van der Waals surface area contributed by atoms with E-state index in [1.165, 1.54) is 5.56 Å². The second-order valence-corrected chi connectivity index (χ2v) is 8.46. The SMILES string of the molecule is O=C1OCC(Cc2ccccc2Br)N1C(CCN1CCOCC1)c1ccccc1. The smallest absolute Gasteiger partial charge is 0.410 e. The Kier molecular flexibility index (Phi) is 6.85. The number of ether oxygens (including phenoxy) is 2. The molecule has 2 aromatic rings. The van der Waals surface area contributed by atoms with Crippen molar-refractivity contribution in [3.63, 3.8) is 0 Å². The number of halogens is 1. The van der Waals surface area contributed by atoms with E-state index in [-0.39, 0.29) is 18.2 Å². The quantitative estimate of drug-likeness (QED) is 0.620. The van der Waals surface area contributed by atoms with Crippen LogP contribution in [-0.4, -0.2) is 61.4 Å². The van der Waals surface area contributed by atoms with Gasteiger partial charge in [-0.2, -0.15) is 0 Å². The highest BCUT2D eigenvalue weighted by molar-refractivity contribution is 9.10. The molecule has 5 nitrogen and oxygen atoms in total. The summed E-state index contributed by atoms with van der Waals surface area (Å²) in [5, 5.41) is 0. The van der Waals surface area contributed by atoms with Crippen molar-refractivity contribution in [2.24, 2.45) is 0 Å². The normalized spacial score (nSPS) is 21.2. The molecule has 2 fully saturated rings. The summed E-state index contributed by atoms with van der Waals surface area (Å²) in [6.45, 7) is 4.84. The summed E-state index contributed by atoms with van der Waals surface area (Å²) in [7, 11) is 0. The molecule has 1 amide bonds. The van der Waals surface area contributed by atoms with E-state index in [1.54, 1.807) is 0 Å². The van der Waals surface area contributed by atoms with Gasteiger partial charge in [0.2, 0.25) is 0 Å². The average molecular weight is 459 g/mol. The van der Waals surface area contributed by atoms with Crippen molar-refractivity contribution in [3.8, 4) is 0 Å². The largest absolute Gasteiger partial charge is 0.447 e. The summed E-state index contributed by atoms with van der Waals surface area (Å²) in [5.41, 5.74) is 2.36. The number of nitrogens with zero attached hydrogens (tertiary/aromatic N) is 2. The van der Waals surface area contributed by atoms with Crippen LogP contribution in [0.2, 0.25) is 0 Å². The van der Waals surface area contributed by atoms with Crippen LogP contribution in [0.3, 0.4) is 0 Å². The Hall–Kier alpha value is -1.89. The monoisotopic (exact) mass is 458 g/mol. The van der Waals surface area contributed by atoms with Gasteiger partial charge < -0.3 is 9.47 Å². The zero-order chi connectivity index (χ0) is 20.1. The Morgan fingerprint density at radius 2 is 1.76 bits per heavy atom. The third-order valence-corrected chi connectivity index (χ3v) is 6.53. The molecule has 0 N–H and O–H groups in total. The standard InChI is InChI=1S/C23H27BrN2O3/c24-21-9-5-4-8-19(21)16-20-17-29-23(27)26(20)22(18-6-2-1-3-7-18)10-11-25-12-14-28-15-13-25/h1-9,20,22H,10-17H2. The van der Waals surface area contributed by atoms with Crippen LogP contribution in [0.25, 0.3) is 0 Å². The molecular formula is C23H27BrN2O3. The van der Waals surface area contributed by atoms with Gasteiger partial charge in [0.25, 0.3) is 0 Å². The molecule has 2 saturated heterocycles. The van der Waals surface area contributed by atoms with Gasteiger partial charge in [0.1, 0.15) is 6.61 Å². The minimum Gasteiger partial charge on any atom is -0.447 e. The molecule has 4 rings (SSSR count). The fourth-order valence-electron chi connectivity index (χ4n) is 4.20. The Morgan fingerprint density at radius 3 is 2.52 bits per heavy atom. The van der Waals surface area contributed by atoms with Crippen molar-refractivity contribution < 1.29 is 14.3 Å². The van der Waals surface area contributed by atoms with Crippen LogP contribution in [0.15, 0.2) is 59.1 Å². The lowest BCUT2D eigenvalue weighted by Crippen LogP contribution is -2.42. The van der Waals surface area contributed by atoms with Gasteiger partial charge in [0.15, 0.2) is 0 Å². The topological polar surface area (TPSA) is 42.0 Å². The van der Waals surface area contributed by atoms with Gasteiger partial charge in [-0.05, 0) is 30.0 Å². The highest BCUT2D eigenvalue weighted by Gasteiger charge is 2.39. The van der Waals surface area contributed by atoms with Crippen molar-refractivity contribution in [1.82, 2.24) is 9.80 Å². The summed E-state index contributed by atoms with van der Waals surface area (Å²) in [6, 6.07) is 18.6. The van der Waals surface area contributed by atoms with Gasteiger partial charge in [-0.1, -0.05) is 64.5 Å². The van der Waals surface area contributed by atoms with E-state index in [4.69, 9.17) is 9.47 Å². The average Bonchev–Trinajstić information content (AvgIpc) is 3.12. The lowest BCUT2D eigenvalue weighted by Gasteiger charge is -2.34. The maximum atomic E-state index is 12.8. The fraction of sp³-hybridized carbons (Fsp3) is 0.435. The highest BCUT2D eigenvalue weighted by Crippen LogP contribution is 2.33. The van der Waals surface area contributed by atoms with Crippen molar-refractivity contribution in [1.29, 1.82) is 0 Å². The molecule has 29 heavy (non-hydrogen) atoms. The van der Waals surface area contributed by atoms with Crippen LogP contribution < -0.4 is 0 Å². The van der Waals surface area contributed by atoms with Gasteiger partial charge in [-0.15, -0.1) is 0 Å². The second kappa shape index (κ2) is 9.74. The van der Waals surface area contributed by atoms with Crippen molar-refractivity contribution in [2.45, 2.75) is 24.9 Å². The van der Waals surface area contributed by atoms with E-state index < -0.39 is 0 Å². The Labute approximate surface area is 180 Å². The lowest BCUT2D eigenvalue weighted by atomic mass is 9.98. The molecule has 2 aliphatic rings. The van der Waals surface area contributed by atoms with Gasteiger partial charge >= 0.3 is 6.09 Å². The molecule has 0 aliphatic carbocycles. The first-order valence-electron chi connectivity index (χ1n) is 10.3. The number of rotatable bonds is 7. The first-order valence-corrected chi connectivity index (χ1v) is 11.0. The molecule has 2 aliphatic heterocycles. The van der Waals surface area contributed by atoms with Crippen LogP contribution in [-0.2, 0) is 15.9 Å². The summed E-state index contributed by atoms with van der Waals surface area (Å²) in [5.74, 6) is 0. The number of carbonyl (C=O) groups excluding carboxylic acids is 1. The van der Waals surface area contributed by atoms with Gasteiger partial charge in [0, 0.05) is 24.1 Å². The molecule has 2 unspecified atom stereocenters. The minimum atomic E-state index is -0.210. The van der Waals surface area contributed by atoms with E-state index >= 15 is 0 Å². The van der Waals surface area contributed by atoms with Gasteiger partial charge in [-0.3, -0.25) is 9.80 Å². The van der Waals surface area contributed by atoms with Crippen LogP contribution in [0, 0.1) is 0 Å². The maximum Gasteiger partial charge on any atom is 0.410 e. The molecule has 0 radical (unpaired) electrons. The van der Waals surface area contributed by atoms with E-state index in [0.29, 0.717) is 6.61 Å². The zero-order valence-corrected chi connectivity index (χ0v) is 18.1. The molecule has 0 spiro atoms. The molecule has 0 aromatic heterocycles. The van der Waals surface area contributed by atoms with Crippen LogP contribution in [0.4, 0.5) is 4.79 Å². The van der Waals surface area contributed by atoms with Crippen LogP contribution in [0.5, 0.6) is 0 Å². The molecule has 0 bridgehead atoms. The van der Waals surface area contributed by atoms with E-state index in [2.05, 4.69) is 39.0 Å². The molecular weight excluding hydrogens is 432 g/mol. The van der Waals surface area contributed by atoms with Gasteiger partial charge in [0.05, 0.1) is 25.3 Å². The number of amides is 1. The highest BCUT2D eigenvalue weighted by atomic mass is 79.9. The molecule has 0 saturated carbocycles. The third-order valence-electron chi connectivity index (χ3n) is 5.76. The Morgan fingerprint density at radius 1 is 1.03 bits per heavy atom. The maximum absolute atomic E-state index is 12.8. The molecule has 6 heteroatoms. The van der Waals surface area contributed by atoms with Crippen LogP contribution >= 0.6 is 15.9 Å². The Balaban J connectivity index is 1.55. The number of benzene rings is 2. The molecule has 154 valence electrons. The first-order chi connectivity index (χ1) is 14.2. The minimum absolute atomic E-state index is 0.00142. The van der Waals surface area contributed by atoms with Crippen molar-refractivity contribution in [2.75, 3.05) is 39.5 Å². The summed E-state index contributed by atoms with van der Waals surface area (Å²) in [6.07, 6.45) is 1.44. The number of carbonyl (C=O) groups is 1. The molecule has 2 aromatic carbocycles. The van der Waals surface area contributed by atoms with Gasteiger partial charge in [-0.25, -0.2) is 4.79 Å². The van der Waals surface area contributed by atoms with E-state index in [9.17, 15) is 4.79 Å². The first kappa shape index (κ1) is 20.4. The number of morpholine rings is 1. The lowest BCUT2D eigenvalue weighted by molar-refractivity contribution is 0.0334. The third kappa shape index (κ3) is 5.00. The van der Waals surface area contributed by atoms with E-state index in [0.717, 1.165) is 55.7 Å². The van der Waals surface area contributed by atoms with Crippen molar-refractivity contribution in [3.05, 3.63) is 70.2 Å². The fourth-order valence-corrected chi connectivity index (χ4v) is 4.65. The second-order valence-electron chi connectivity index (χ2n) is 7.60. The zero-order valence-electron chi connectivity index (χ0n) is 16.5. The van der Waals surface area contributed by atoms with Crippen LogP contribution in [0.1, 0.15) is 23.6 Å². The summed E-state index contributed by atoms with van der Waals surface area (Å²) >= 11 is 3.64. The Bertz CT molecular complexity index is 811. The number of hydrogen-bond donors (Lipinski definition) is 0. The predicted octanol–water partition coefficient (Wildman–Crippen LogP) is 4.28.